The highest BCUT2D eigenvalue weighted by Crippen LogP contribution is 2.30. The first kappa shape index (κ1) is 22.4. The van der Waals surface area contributed by atoms with Gasteiger partial charge in [0.1, 0.15) is 6.10 Å². The monoisotopic (exact) mass is 447 g/mol. The molecule has 0 aromatic heterocycles. The lowest BCUT2D eigenvalue weighted by atomic mass is 9.89. The first-order chi connectivity index (χ1) is 16.3. The van der Waals surface area contributed by atoms with Crippen LogP contribution in [0.1, 0.15) is 49.3 Å². The van der Waals surface area contributed by atoms with Gasteiger partial charge in [0.05, 0.1) is 12.6 Å². The maximum Gasteiger partial charge on any atom is 0.410 e. The Labute approximate surface area is 198 Å². The third-order valence-electron chi connectivity index (χ3n) is 7.62. The van der Waals surface area contributed by atoms with Crippen LogP contribution in [0.15, 0.2) is 60.7 Å². The van der Waals surface area contributed by atoms with Crippen LogP contribution < -0.4 is 0 Å². The van der Waals surface area contributed by atoms with Gasteiger partial charge in [-0.1, -0.05) is 79.9 Å². The van der Waals surface area contributed by atoms with Crippen LogP contribution in [0.2, 0.25) is 0 Å². The summed E-state index contributed by atoms with van der Waals surface area (Å²) in [6.07, 6.45) is 6.41. The number of piperazine rings is 1. The van der Waals surface area contributed by atoms with Crippen LogP contribution in [0.3, 0.4) is 0 Å². The van der Waals surface area contributed by atoms with E-state index in [-0.39, 0.29) is 18.2 Å². The summed E-state index contributed by atoms with van der Waals surface area (Å²) in [5.41, 5.74) is 2.69. The Morgan fingerprint density at radius 3 is 2.00 bits per heavy atom. The normalized spacial score (nSPS) is 23.2. The topological polar surface area (TPSA) is 36.0 Å². The third-order valence-corrected chi connectivity index (χ3v) is 7.62. The number of nitrogens with zero attached hydrogens (tertiary/aromatic N) is 3. The molecule has 0 spiro atoms. The van der Waals surface area contributed by atoms with Crippen molar-refractivity contribution in [2.24, 2.45) is 5.92 Å². The Hall–Kier alpha value is -2.37. The van der Waals surface area contributed by atoms with E-state index >= 15 is 0 Å². The van der Waals surface area contributed by atoms with Crippen molar-refractivity contribution < 1.29 is 9.53 Å². The average molecular weight is 448 g/mol. The van der Waals surface area contributed by atoms with E-state index in [1.807, 2.05) is 4.90 Å². The quantitative estimate of drug-likeness (QED) is 0.611. The van der Waals surface area contributed by atoms with Gasteiger partial charge in [-0.3, -0.25) is 9.80 Å². The predicted octanol–water partition coefficient (Wildman–Crippen LogP) is 4.79. The SMILES string of the molecule is O=C1OC(CN2CCN(C(c3ccccc3)c3ccccc3)CC2)CN1CC1CCCCC1. The molecular weight excluding hydrogens is 410 g/mol. The number of cyclic esters (lactones) is 1. The van der Waals surface area contributed by atoms with Gasteiger partial charge < -0.3 is 9.64 Å². The molecular formula is C28H37N3O2. The molecule has 33 heavy (non-hydrogen) atoms. The molecule has 3 fully saturated rings. The van der Waals surface area contributed by atoms with Gasteiger partial charge in [0.25, 0.3) is 0 Å². The van der Waals surface area contributed by atoms with Gasteiger partial charge in [-0.15, -0.1) is 0 Å². The van der Waals surface area contributed by atoms with Gasteiger partial charge in [-0.2, -0.15) is 0 Å². The summed E-state index contributed by atoms with van der Waals surface area (Å²) in [5.74, 6) is 0.668. The van der Waals surface area contributed by atoms with E-state index in [4.69, 9.17) is 4.74 Å². The maximum atomic E-state index is 12.4. The van der Waals surface area contributed by atoms with Crippen LogP contribution in [0.4, 0.5) is 4.79 Å². The first-order valence-corrected chi connectivity index (χ1v) is 12.8. The Morgan fingerprint density at radius 1 is 0.788 bits per heavy atom. The molecule has 0 N–H and O–H groups in total. The smallest absolute Gasteiger partial charge is 0.410 e. The minimum absolute atomic E-state index is 0.00619. The van der Waals surface area contributed by atoms with Crippen LogP contribution in [0.5, 0.6) is 0 Å². The Kier molecular flexibility index (Phi) is 7.27. The van der Waals surface area contributed by atoms with Gasteiger partial charge >= 0.3 is 6.09 Å². The molecule has 1 atom stereocenters. The Bertz CT molecular complexity index is 837. The molecule has 2 aromatic carbocycles. The highest BCUT2D eigenvalue weighted by molar-refractivity contribution is 5.69. The number of amides is 1. The molecule has 0 bridgehead atoms. The fourth-order valence-corrected chi connectivity index (χ4v) is 5.88. The number of ether oxygens (including phenoxy) is 1. The van der Waals surface area contributed by atoms with Crippen LogP contribution in [-0.4, -0.2) is 72.7 Å². The van der Waals surface area contributed by atoms with E-state index in [9.17, 15) is 4.79 Å². The molecule has 1 saturated carbocycles. The van der Waals surface area contributed by atoms with E-state index in [1.54, 1.807) is 0 Å². The molecule has 5 heteroatoms. The van der Waals surface area contributed by atoms with Gasteiger partial charge in [0, 0.05) is 39.3 Å². The average Bonchev–Trinajstić information content (AvgIpc) is 3.20. The van der Waals surface area contributed by atoms with Crippen molar-refractivity contribution in [3.63, 3.8) is 0 Å². The highest BCUT2D eigenvalue weighted by Gasteiger charge is 2.35. The molecule has 5 nitrogen and oxygen atoms in total. The first-order valence-electron chi connectivity index (χ1n) is 12.8. The second-order valence-electron chi connectivity index (χ2n) is 9.98. The summed E-state index contributed by atoms with van der Waals surface area (Å²) in [4.78, 5) is 19.5. The van der Waals surface area contributed by atoms with Crippen molar-refractivity contribution in [3.05, 3.63) is 71.8 Å². The number of carbonyl (C=O) groups excluding carboxylic acids is 1. The number of hydrogen-bond acceptors (Lipinski definition) is 4. The molecule has 2 heterocycles. The summed E-state index contributed by atoms with van der Waals surface area (Å²) >= 11 is 0. The van der Waals surface area contributed by atoms with E-state index in [0.717, 1.165) is 45.8 Å². The van der Waals surface area contributed by atoms with Crippen LogP contribution in [0.25, 0.3) is 0 Å². The minimum atomic E-state index is -0.0996. The molecule has 1 aliphatic carbocycles. The Morgan fingerprint density at radius 2 is 1.39 bits per heavy atom. The van der Waals surface area contributed by atoms with Crippen molar-refractivity contribution in [3.8, 4) is 0 Å². The summed E-state index contributed by atoms with van der Waals surface area (Å²) in [7, 11) is 0. The number of carbonyl (C=O) groups is 1. The zero-order valence-corrected chi connectivity index (χ0v) is 19.6. The van der Waals surface area contributed by atoms with E-state index in [1.165, 1.54) is 43.2 Å². The summed E-state index contributed by atoms with van der Waals surface area (Å²) < 4.78 is 5.76. The summed E-state index contributed by atoms with van der Waals surface area (Å²) in [6, 6.07) is 21.9. The molecule has 176 valence electrons. The standard InChI is InChI=1S/C28H37N3O2/c32-28-31(20-23-10-4-1-5-11-23)22-26(33-28)21-29-16-18-30(19-17-29)27(24-12-6-2-7-13-24)25-14-8-3-9-15-25/h2-3,6-9,12-15,23,26-27H,1,4-5,10-11,16-22H2. The lowest BCUT2D eigenvalue weighted by Gasteiger charge is -2.40. The van der Waals surface area contributed by atoms with Crippen molar-refractivity contribution in [1.29, 1.82) is 0 Å². The largest absolute Gasteiger partial charge is 0.443 e. The van der Waals surface area contributed by atoms with E-state index in [0.29, 0.717) is 5.92 Å². The molecule has 3 aliphatic rings. The zero-order chi connectivity index (χ0) is 22.5. The van der Waals surface area contributed by atoms with Crippen molar-refractivity contribution in [2.45, 2.75) is 44.2 Å². The van der Waals surface area contributed by atoms with E-state index < -0.39 is 0 Å². The maximum absolute atomic E-state index is 12.4. The van der Waals surface area contributed by atoms with Gasteiger partial charge in [0.15, 0.2) is 0 Å². The van der Waals surface area contributed by atoms with Crippen LogP contribution >= 0.6 is 0 Å². The summed E-state index contributed by atoms with van der Waals surface area (Å²) in [5, 5.41) is 0. The highest BCUT2D eigenvalue weighted by atomic mass is 16.6. The van der Waals surface area contributed by atoms with Gasteiger partial charge in [-0.25, -0.2) is 4.79 Å². The third kappa shape index (κ3) is 5.59. The van der Waals surface area contributed by atoms with Gasteiger partial charge in [-0.05, 0) is 29.9 Å². The molecule has 2 aromatic rings. The number of hydrogen-bond donors (Lipinski definition) is 0. The van der Waals surface area contributed by atoms with Crippen molar-refractivity contribution >= 4 is 6.09 Å². The number of rotatable bonds is 7. The fourth-order valence-electron chi connectivity index (χ4n) is 5.88. The van der Waals surface area contributed by atoms with Crippen molar-refractivity contribution in [1.82, 2.24) is 14.7 Å². The predicted molar refractivity (Wildman–Crippen MR) is 131 cm³/mol. The number of benzene rings is 2. The second-order valence-corrected chi connectivity index (χ2v) is 9.98. The summed E-state index contributed by atoms with van der Waals surface area (Å²) in [6.45, 7) is 6.54. The minimum Gasteiger partial charge on any atom is -0.443 e. The fraction of sp³-hybridized carbons (Fsp3) is 0.536. The molecule has 0 radical (unpaired) electrons. The Balaban J connectivity index is 1.16. The van der Waals surface area contributed by atoms with E-state index in [2.05, 4.69) is 70.5 Å². The van der Waals surface area contributed by atoms with Crippen LogP contribution in [0, 0.1) is 5.92 Å². The zero-order valence-electron chi connectivity index (χ0n) is 19.6. The lowest BCUT2D eigenvalue weighted by molar-refractivity contribution is 0.0670. The molecule has 2 aliphatic heterocycles. The molecule has 2 saturated heterocycles. The van der Waals surface area contributed by atoms with Crippen LogP contribution in [-0.2, 0) is 4.74 Å². The molecule has 5 rings (SSSR count). The second kappa shape index (κ2) is 10.7. The molecule has 1 amide bonds. The molecule has 1 unspecified atom stereocenters. The lowest BCUT2D eigenvalue weighted by Crippen LogP contribution is -2.50. The van der Waals surface area contributed by atoms with Crippen molar-refractivity contribution in [2.75, 3.05) is 45.8 Å². The van der Waals surface area contributed by atoms with Gasteiger partial charge in [0.2, 0.25) is 0 Å².